The number of nitrogens with zero attached hydrogens (tertiary/aromatic N) is 1. The van der Waals surface area contributed by atoms with E-state index in [1.165, 1.54) is 25.0 Å². The van der Waals surface area contributed by atoms with Crippen LogP contribution in [0.15, 0.2) is 24.3 Å². The Hall–Kier alpha value is -1.09. The fourth-order valence-corrected chi connectivity index (χ4v) is 2.49. The van der Waals surface area contributed by atoms with Gasteiger partial charge in [-0.1, -0.05) is 12.8 Å². The van der Waals surface area contributed by atoms with Crippen LogP contribution in [0.3, 0.4) is 0 Å². The van der Waals surface area contributed by atoms with Crippen molar-refractivity contribution in [2.75, 3.05) is 11.9 Å². The zero-order chi connectivity index (χ0) is 11.5. The highest BCUT2D eigenvalue weighted by Gasteiger charge is 2.25. The highest BCUT2D eigenvalue weighted by Crippen LogP contribution is 2.25. The molecule has 2 atom stereocenters. The maximum absolute atomic E-state index is 12.8. The van der Waals surface area contributed by atoms with E-state index in [1.807, 2.05) is 19.2 Å². The van der Waals surface area contributed by atoms with Crippen molar-refractivity contribution in [2.24, 2.45) is 5.73 Å². The first-order chi connectivity index (χ1) is 7.68. The van der Waals surface area contributed by atoms with Crippen LogP contribution in [0.5, 0.6) is 0 Å². The molecule has 3 heteroatoms. The van der Waals surface area contributed by atoms with Gasteiger partial charge in [-0.3, -0.25) is 0 Å². The predicted octanol–water partition coefficient (Wildman–Crippen LogP) is 2.53. The topological polar surface area (TPSA) is 29.3 Å². The highest BCUT2D eigenvalue weighted by molar-refractivity contribution is 5.46. The van der Waals surface area contributed by atoms with Gasteiger partial charge in [0, 0.05) is 24.8 Å². The van der Waals surface area contributed by atoms with Gasteiger partial charge in [0.25, 0.3) is 0 Å². The van der Waals surface area contributed by atoms with Gasteiger partial charge in [0.1, 0.15) is 5.82 Å². The van der Waals surface area contributed by atoms with Gasteiger partial charge in [0.05, 0.1) is 0 Å². The summed E-state index contributed by atoms with van der Waals surface area (Å²) in [4.78, 5) is 2.18. The molecule has 0 aromatic heterocycles. The van der Waals surface area contributed by atoms with Crippen molar-refractivity contribution in [3.63, 3.8) is 0 Å². The van der Waals surface area contributed by atoms with E-state index in [1.54, 1.807) is 0 Å². The largest absolute Gasteiger partial charge is 0.370 e. The van der Waals surface area contributed by atoms with Gasteiger partial charge in [-0.15, -0.1) is 0 Å². The molecule has 16 heavy (non-hydrogen) atoms. The first-order valence-electron chi connectivity index (χ1n) is 5.92. The Morgan fingerprint density at radius 1 is 1.19 bits per heavy atom. The van der Waals surface area contributed by atoms with Crippen LogP contribution in [0.25, 0.3) is 0 Å². The molecule has 0 bridgehead atoms. The highest BCUT2D eigenvalue weighted by atomic mass is 19.1. The van der Waals surface area contributed by atoms with E-state index < -0.39 is 0 Å². The second-order valence-corrected chi connectivity index (χ2v) is 4.60. The summed E-state index contributed by atoms with van der Waals surface area (Å²) in [5, 5.41) is 0. The number of benzene rings is 1. The second kappa shape index (κ2) is 4.83. The lowest BCUT2D eigenvalue weighted by molar-refractivity contribution is 0.373. The van der Waals surface area contributed by atoms with Crippen LogP contribution in [0, 0.1) is 5.82 Å². The van der Waals surface area contributed by atoms with E-state index in [4.69, 9.17) is 5.73 Å². The summed E-state index contributed by atoms with van der Waals surface area (Å²) < 4.78 is 12.8. The van der Waals surface area contributed by atoms with Crippen LogP contribution in [-0.4, -0.2) is 19.1 Å². The molecule has 0 radical (unpaired) electrons. The molecule has 2 nitrogen and oxygen atoms in total. The van der Waals surface area contributed by atoms with Crippen molar-refractivity contribution in [2.45, 2.75) is 37.8 Å². The monoisotopic (exact) mass is 222 g/mol. The minimum atomic E-state index is -0.190. The summed E-state index contributed by atoms with van der Waals surface area (Å²) in [5.41, 5.74) is 7.18. The minimum absolute atomic E-state index is 0.190. The predicted molar refractivity (Wildman–Crippen MR) is 65.0 cm³/mol. The molecule has 0 amide bonds. The Bertz CT molecular complexity index is 336. The van der Waals surface area contributed by atoms with E-state index >= 15 is 0 Å². The number of anilines is 1. The molecular formula is C13H19FN2. The van der Waals surface area contributed by atoms with Gasteiger partial charge in [0.2, 0.25) is 0 Å². The normalized spacial score (nSPS) is 25.4. The molecule has 1 fully saturated rings. The molecule has 2 N–H and O–H groups in total. The SMILES string of the molecule is CN(c1ccc(F)cc1)C1CCCCC1N. The number of halogens is 1. The van der Waals surface area contributed by atoms with Gasteiger partial charge in [-0.05, 0) is 37.1 Å². The Morgan fingerprint density at radius 2 is 1.81 bits per heavy atom. The Labute approximate surface area is 96.2 Å². The summed E-state index contributed by atoms with van der Waals surface area (Å²) in [6, 6.07) is 7.26. The maximum Gasteiger partial charge on any atom is 0.123 e. The van der Waals surface area contributed by atoms with Crippen LogP contribution in [0.2, 0.25) is 0 Å². The summed E-state index contributed by atoms with van der Waals surface area (Å²) >= 11 is 0. The van der Waals surface area contributed by atoms with Crippen LogP contribution in [-0.2, 0) is 0 Å². The van der Waals surface area contributed by atoms with Crippen LogP contribution < -0.4 is 10.6 Å². The first-order valence-corrected chi connectivity index (χ1v) is 5.92. The third-order valence-corrected chi connectivity index (χ3v) is 3.51. The third-order valence-electron chi connectivity index (χ3n) is 3.51. The van der Waals surface area contributed by atoms with E-state index in [9.17, 15) is 4.39 Å². The fraction of sp³-hybridized carbons (Fsp3) is 0.538. The second-order valence-electron chi connectivity index (χ2n) is 4.60. The van der Waals surface area contributed by atoms with Crippen molar-refractivity contribution in [1.29, 1.82) is 0 Å². The van der Waals surface area contributed by atoms with E-state index in [0.29, 0.717) is 6.04 Å². The minimum Gasteiger partial charge on any atom is -0.370 e. The zero-order valence-corrected chi connectivity index (χ0v) is 9.70. The fourth-order valence-electron chi connectivity index (χ4n) is 2.49. The third kappa shape index (κ3) is 2.35. The summed E-state index contributed by atoms with van der Waals surface area (Å²) in [7, 11) is 2.04. The van der Waals surface area contributed by atoms with Crippen molar-refractivity contribution >= 4 is 5.69 Å². The lowest BCUT2D eigenvalue weighted by Gasteiger charge is -2.37. The molecule has 1 aromatic carbocycles. The van der Waals surface area contributed by atoms with Gasteiger partial charge >= 0.3 is 0 Å². The van der Waals surface area contributed by atoms with E-state index in [-0.39, 0.29) is 11.9 Å². The lowest BCUT2D eigenvalue weighted by Crippen LogP contribution is -2.48. The standard InChI is InChI=1S/C13H19FN2/c1-16(11-8-6-10(14)7-9-11)13-5-3-2-4-12(13)15/h6-9,12-13H,2-5,15H2,1H3. The zero-order valence-electron chi connectivity index (χ0n) is 9.70. The lowest BCUT2D eigenvalue weighted by atomic mass is 9.90. The van der Waals surface area contributed by atoms with Gasteiger partial charge < -0.3 is 10.6 Å². The van der Waals surface area contributed by atoms with Crippen molar-refractivity contribution in [1.82, 2.24) is 0 Å². The first kappa shape index (κ1) is 11.4. The van der Waals surface area contributed by atoms with Crippen molar-refractivity contribution < 1.29 is 4.39 Å². The molecule has 1 aliphatic carbocycles. The number of nitrogens with two attached hydrogens (primary N) is 1. The average molecular weight is 222 g/mol. The molecular weight excluding hydrogens is 203 g/mol. The van der Waals surface area contributed by atoms with Gasteiger partial charge in [-0.2, -0.15) is 0 Å². The molecule has 0 saturated heterocycles. The Morgan fingerprint density at radius 3 is 2.44 bits per heavy atom. The van der Waals surface area contributed by atoms with Crippen LogP contribution >= 0.6 is 0 Å². The molecule has 88 valence electrons. The maximum atomic E-state index is 12.8. The molecule has 1 aromatic rings. The average Bonchev–Trinajstić information content (AvgIpc) is 2.30. The Balaban J connectivity index is 2.11. The number of hydrogen-bond acceptors (Lipinski definition) is 2. The summed E-state index contributed by atoms with van der Waals surface area (Å²) in [6.07, 6.45) is 4.70. The van der Waals surface area contributed by atoms with Crippen LogP contribution in [0.1, 0.15) is 25.7 Å². The number of likely N-dealkylation sites (N-methyl/N-ethyl adjacent to an activating group) is 1. The molecule has 0 spiro atoms. The summed E-state index contributed by atoms with van der Waals surface area (Å²) in [6.45, 7) is 0. The number of hydrogen-bond donors (Lipinski definition) is 1. The van der Waals surface area contributed by atoms with Crippen molar-refractivity contribution in [3.8, 4) is 0 Å². The molecule has 0 heterocycles. The smallest absolute Gasteiger partial charge is 0.123 e. The Kier molecular flexibility index (Phi) is 3.44. The molecule has 1 aliphatic rings. The van der Waals surface area contributed by atoms with Crippen LogP contribution in [0.4, 0.5) is 10.1 Å². The van der Waals surface area contributed by atoms with Gasteiger partial charge in [-0.25, -0.2) is 4.39 Å². The number of rotatable bonds is 2. The van der Waals surface area contributed by atoms with Gasteiger partial charge in [0.15, 0.2) is 0 Å². The van der Waals surface area contributed by atoms with E-state index in [2.05, 4.69) is 4.90 Å². The van der Waals surface area contributed by atoms with E-state index in [0.717, 1.165) is 18.5 Å². The molecule has 2 unspecified atom stereocenters. The molecule has 1 saturated carbocycles. The quantitative estimate of drug-likeness (QED) is 0.833. The molecule has 2 rings (SSSR count). The summed E-state index contributed by atoms with van der Waals surface area (Å²) in [5.74, 6) is -0.190. The van der Waals surface area contributed by atoms with Crippen molar-refractivity contribution in [3.05, 3.63) is 30.1 Å². The molecule has 0 aliphatic heterocycles.